The van der Waals surface area contributed by atoms with Gasteiger partial charge < -0.3 is 10.2 Å². The lowest BCUT2D eigenvalue weighted by Gasteiger charge is -2.21. The molecule has 1 N–H and O–H groups in total. The van der Waals surface area contributed by atoms with Gasteiger partial charge in [0.2, 0.25) is 5.91 Å². The SMILES string of the molecule is CC(CN1CCCC1=O)NCc1ccc(Br)s1. The summed E-state index contributed by atoms with van der Waals surface area (Å²) >= 11 is 5.20. The van der Waals surface area contributed by atoms with Crippen LogP contribution in [-0.2, 0) is 11.3 Å². The number of nitrogens with zero attached hydrogens (tertiary/aromatic N) is 1. The summed E-state index contributed by atoms with van der Waals surface area (Å²) in [6, 6.07) is 4.53. The minimum atomic E-state index is 0.303. The second-order valence-electron chi connectivity index (χ2n) is 4.43. The first kappa shape index (κ1) is 13.1. The van der Waals surface area contributed by atoms with Crippen molar-refractivity contribution < 1.29 is 4.79 Å². The lowest BCUT2D eigenvalue weighted by molar-refractivity contribution is -0.127. The molecule has 0 aromatic carbocycles. The average Bonchev–Trinajstić information content (AvgIpc) is 2.86. The summed E-state index contributed by atoms with van der Waals surface area (Å²) in [5, 5.41) is 3.46. The highest BCUT2D eigenvalue weighted by Crippen LogP contribution is 2.21. The van der Waals surface area contributed by atoms with Gasteiger partial charge in [-0.3, -0.25) is 4.79 Å². The molecular formula is C12H17BrN2OS. The molecule has 1 fully saturated rings. The van der Waals surface area contributed by atoms with Gasteiger partial charge in [-0.1, -0.05) is 0 Å². The predicted molar refractivity (Wildman–Crippen MR) is 74.1 cm³/mol. The fourth-order valence-corrected chi connectivity index (χ4v) is 3.45. The van der Waals surface area contributed by atoms with Gasteiger partial charge >= 0.3 is 0 Å². The van der Waals surface area contributed by atoms with Crippen molar-refractivity contribution in [3.63, 3.8) is 0 Å². The van der Waals surface area contributed by atoms with Crippen molar-refractivity contribution in [2.45, 2.75) is 32.4 Å². The minimum Gasteiger partial charge on any atom is -0.341 e. The molecule has 94 valence electrons. The molecule has 0 saturated carbocycles. The van der Waals surface area contributed by atoms with Crippen molar-refractivity contribution in [3.05, 3.63) is 20.8 Å². The molecule has 1 aromatic heterocycles. The maximum absolute atomic E-state index is 11.5. The van der Waals surface area contributed by atoms with Crippen LogP contribution in [0.5, 0.6) is 0 Å². The molecule has 0 bridgehead atoms. The van der Waals surface area contributed by atoms with Crippen LogP contribution in [0.3, 0.4) is 0 Å². The van der Waals surface area contributed by atoms with E-state index in [2.05, 4.69) is 40.3 Å². The van der Waals surface area contributed by atoms with E-state index in [1.807, 2.05) is 4.90 Å². The second kappa shape index (κ2) is 5.98. The average molecular weight is 317 g/mol. The molecule has 1 aromatic rings. The van der Waals surface area contributed by atoms with Crippen LogP contribution in [-0.4, -0.2) is 29.9 Å². The van der Waals surface area contributed by atoms with Gasteiger partial charge in [0.1, 0.15) is 0 Å². The number of hydrogen-bond acceptors (Lipinski definition) is 3. The van der Waals surface area contributed by atoms with E-state index in [1.165, 1.54) is 4.88 Å². The summed E-state index contributed by atoms with van der Waals surface area (Å²) in [4.78, 5) is 14.8. The Morgan fingerprint density at radius 3 is 3.00 bits per heavy atom. The van der Waals surface area contributed by atoms with Gasteiger partial charge in [-0.2, -0.15) is 0 Å². The molecule has 5 heteroatoms. The van der Waals surface area contributed by atoms with E-state index in [1.54, 1.807) is 11.3 Å². The fraction of sp³-hybridized carbons (Fsp3) is 0.583. The number of thiophene rings is 1. The van der Waals surface area contributed by atoms with Gasteiger partial charge in [0.05, 0.1) is 3.79 Å². The molecule has 0 aliphatic carbocycles. The minimum absolute atomic E-state index is 0.303. The van der Waals surface area contributed by atoms with Crippen LogP contribution in [0.4, 0.5) is 0 Å². The molecular weight excluding hydrogens is 300 g/mol. The van der Waals surface area contributed by atoms with Gasteiger partial charge in [0.25, 0.3) is 0 Å². The largest absolute Gasteiger partial charge is 0.341 e. The van der Waals surface area contributed by atoms with Crippen molar-refractivity contribution in [1.82, 2.24) is 10.2 Å². The number of likely N-dealkylation sites (tertiary alicyclic amines) is 1. The monoisotopic (exact) mass is 316 g/mol. The smallest absolute Gasteiger partial charge is 0.222 e. The van der Waals surface area contributed by atoms with E-state index >= 15 is 0 Å². The summed E-state index contributed by atoms with van der Waals surface area (Å²) in [5.41, 5.74) is 0. The number of hydrogen-bond donors (Lipinski definition) is 1. The van der Waals surface area contributed by atoms with Gasteiger partial charge in [-0.25, -0.2) is 0 Å². The van der Waals surface area contributed by atoms with Crippen molar-refractivity contribution >= 4 is 33.2 Å². The van der Waals surface area contributed by atoms with Gasteiger partial charge in [-0.15, -0.1) is 11.3 Å². The molecule has 2 rings (SSSR count). The number of nitrogens with one attached hydrogen (secondary N) is 1. The van der Waals surface area contributed by atoms with Crippen LogP contribution in [0, 0.1) is 0 Å². The van der Waals surface area contributed by atoms with Crippen LogP contribution in [0.1, 0.15) is 24.6 Å². The molecule has 1 aliphatic rings. The van der Waals surface area contributed by atoms with Crippen LogP contribution >= 0.6 is 27.3 Å². The number of rotatable bonds is 5. The van der Waals surface area contributed by atoms with Crippen LogP contribution in [0.15, 0.2) is 15.9 Å². The zero-order chi connectivity index (χ0) is 12.3. The molecule has 0 spiro atoms. The topological polar surface area (TPSA) is 32.3 Å². The Morgan fingerprint density at radius 1 is 1.59 bits per heavy atom. The third-order valence-corrected chi connectivity index (χ3v) is 4.54. The lowest BCUT2D eigenvalue weighted by Crippen LogP contribution is -2.39. The van der Waals surface area contributed by atoms with E-state index in [-0.39, 0.29) is 0 Å². The first-order chi connectivity index (χ1) is 8.15. The Balaban J connectivity index is 1.73. The zero-order valence-corrected chi connectivity index (χ0v) is 12.3. The molecule has 0 radical (unpaired) electrons. The molecule has 1 aliphatic heterocycles. The number of carbonyl (C=O) groups is 1. The Kier molecular flexibility index (Phi) is 4.59. The Hall–Kier alpha value is -0.390. The quantitative estimate of drug-likeness (QED) is 0.905. The van der Waals surface area contributed by atoms with E-state index in [0.29, 0.717) is 11.9 Å². The standard InChI is InChI=1S/C12H17BrN2OS/c1-9(8-15-6-2-3-12(15)16)14-7-10-4-5-11(13)17-10/h4-5,9,14H,2-3,6-8H2,1H3. The highest BCUT2D eigenvalue weighted by atomic mass is 79.9. The zero-order valence-electron chi connectivity index (χ0n) is 9.91. The van der Waals surface area contributed by atoms with E-state index in [9.17, 15) is 4.79 Å². The number of halogens is 1. The highest BCUT2D eigenvalue weighted by Gasteiger charge is 2.21. The fourth-order valence-electron chi connectivity index (χ4n) is 2.01. The Labute approximate surface area is 114 Å². The molecule has 17 heavy (non-hydrogen) atoms. The summed E-state index contributed by atoms with van der Waals surface area (Å²) in [6.45, 7) is 4.76. The van der Waals surface area contributed by atoms with Crippen molar-refractivity contribution in [3.8, 4) is 0 Å². The molecule has 1 atom stereocenters. The normalized spacial score (nSPS) is 17.8. The molecule has 1 unspecified atom stereocenters. The first-order valence-corrected chi connectivity index (χ1v) is 7.51. The first-order valence-electron chi connectivity index (χ1n) is 5.90. The Bertz CT molecular complexity index is 394. The molecule has 1 saturated heterocycles. The summed E-state index contributed by atoms with van der Waals surface area (Å²) in [5.74, 6) is 0.303. The van der Waals surface area contributed by atoms with Crippen molar-refractivity contribution in [2.24, 2.45) is 0 Å². The van der Waals surface area contributed by atoms with Crippen LogP contribution in [0.25, 0.3) is 0 Å². The molecule has 1 amide bonds. The number of carbonyl (C=O) groups excluding carboxylic acids is 1. The summed E-state index contributed by atoms with van der Waals surface area (Å²) in [7, 11) is 0. The van der Waals surface area contributed by atoms with E-state index in [4.69, 9.17) is 0 Å². The third-order valence-electron chi connectivity index (χ3n) is 2.92. The maximum Gasteiger partial charge on any atom is 0.222 e. The third kappa shape index (κ3) is 3.79. The van der Waals surface area contributed by atoms with Gasteiger partial charge in [0, 0.05) is 37.0 Å². The van der Waals surface area contributed by atoms with E-state index in [0.717, 1.165) is 36.3 Å². The summed E-state index contributed by atoms with van der Waals surface area (Å²) in [6.07, 6.45) is 1.74. The van der Waals surface area contributed by atoms with Crippen molar-refractivity contribution in [2.75, 3.05) is 13.1 Å². The van der Waals surface area contributed by atoms with Crippen LogP contribution < -0.4 is 5.32 Å². The predicted octanol–water partition coefficient (Wildman–Crippen LogP) is 2.61. The molecule has 3 nitrogen and oxygen atoms in total. The highest BCUT2D eigenvalue weighted by molar-refractivity contribution is 9.11. The van der Waals surface area contributed by atoms with Crippen LogP contribution in [0.2, 0.25) is 0 Å². The summed E-state index contributed by atoms with van der Waals surface area (Å²) < 4.78 is 1.16. The Morgan fingerprint density at radius 2 is 2.41 bits per heavy atom. The van der Waals surface area contributed by atoms with Gasteiger partial charge in [0.15, 0.2) is 0 Å². The van der Waals surface area contributed by atoms with Crippen molar-refractivity contribution in [1.29, 1.82) is 0 Å². The second-order valence-corrected chi connectivity index (χ2v) is 6.98. The number of amides is 1. The van der Waals surface area contributed by atoms with Gasteiger partial charge in [-0.05, 0) is 41.4 Å². The van der Waals surface area contributed by atoms with E-state index < -0.39 is 0 Å². The maximum atomic E-state index is 11.5. The lowest BCUT2D eigenvalue weighted by atomic mass is 10.3. The molecule has 2 heterocycles.